The number of aliphatic hydroxyl groups is 1. The molecule has 1 aliphatic heterocycles. The lowest BCUT2D eigenvalue weighted by Crippen LogP contribution is -2.49. The van der Waals surface area contributed by atoms with E-state index in [0.717, 1.165) is 23.1 Å². The van der Waals surface area contributed by atoms with Gasteiger partial charge in [0.1, 0.15) is 18.2 Å². The van der Waals surface area contributed by atoms with E-state index in [4.69, 9.17) is 4.74 Å². The van der Waals surface area contributed by atoms with Crippen molar-refractivity contribution >= 4 is 15.7 Å². The third kappa shape index (κ3) is 7.62. The standard InChI is InChI=1S/C26H33FN2O5S/c1-4-8-34-22-10-19(9-21(27)13-22)12-24(29-17(3)30)26(31)14-28-25-16-35(32,33)15-20-7-6-18(5-2)11-23(20)25/h4,6-7,9-11,13,24-26,28,31H,1,5,8,12,14-16H2,2-3H3,(H,29,30)/t24-,25?,26+/m0/s1. The third-order valence-corrected chi connectivity index (χ3v) is 7.56. The van der Waals surface area contributed by atoms with E-state index in [-0.39, 0.29) is 37.0 Å². The number of hydrogen-bond acceptors (Lipinski definition) is 6. The maximum absolute atomic E-state index is 14.1. The van der Waals surface area contributed by atoms with Crippen molar-refractivity contribution in [1.29, 1.82) is 0 Å². The van der Waals surface area contributed by atoms with Crippen molar-refractivity contribution < 1.29 is 27.4 Å². The number of nitrogens with one attached hydrogen (secondary N) is 2. The molecule has 1 unspecified atom stereocenters. The van der Waals surface area contributed by atoms with Crippen LogP contribution in [0, 0.1) is 5.82 Å². The smallest absolute Gasteiger partial charge is 0.217 e. The number of amides is 1. The fraction of sp³-hybridized carbons (Fsp3) is 0.423. The van der Waals surface area contributed by atoms with Crippen LogP contribution < -0.4 is 15.4 Å². The highest BCUT2D eigenvalue weighted by atomic mass is 32.2. The molecule has 9 heteroatoms. The second-order valence-corrected chi connectivity index (χ2v) is 11.0. The molecular formula is C26H33FN2O5S. The fourth-order valence-corrected chi connectivity index (χ4v) is 5.97. The molecule has 2 aromatic carbocycles. The lowest BCUT2D eigenvalue weighted by Gasteiger charge is -2.30. The van der Waals surface area contributed by atoms with E-state index in [9.17, 15) is 22.7 Å². The van der Waals surface area contributed by atoms with E-state index in [2.05, 4.69) is 17.2 Å². The van der Waals surface area contributed by atoms with Crippen molar-refractivity contribution in [2.24, 2.45) is 0 Å². The Morgan fingerprint density at radius 1 is 1.29 bits per heavy atom. The van der Waals surface area contributed by atoms with Gasteiger partial charge in [0.25, 0.3) is 0 Å². The van der Waals surface area contributed by atoms with Crippen LogP contribution >= 0.6 is 0 Å². The van der Waals surface area contributed by atoms with Crippen molar-refractivity contribution in [2.75, 3.05) is 18.9 Å². The first-order valence-electron chi connectivity index (χ1n) is 11.6. The lowest BCUT2D eigenvalue weighted by atomic mass is 9.97. The Labute approximate surface area is 206 Å². The van der Waals surface area contributed by atoms with Crippen molar-refractivity contribution in [2.45, 2.75) is 50.6 Å². The van der Waals surface area contributed by atoms with Crippen molar-refractivity contribution in [3.63, 3.8) is 0 Å². The molecule has 3 N–H and O–H groups in total. The molecule has 0 saturated heterocycles. The van der Waals surface area contributed by atoms with Crippen LogP contribution in [0.1, 0.15) is 42.1 Å². The number of sulfone groups is 1. The van der Waals surface area contributed by atoms with Gasteiger partial charge in [0.2, 0.25) is 5.91 Å². The van der Waals surface area contributed by atoms with Crippen LogP contribution in [-0.2, 0) is 33.2 Å². The number of ether oxygens (including phenoxy) is 1. The number of aryl methyl sites for hydroxylation is 1. The van der Waals surface area contributed by atoms with Gasteiger partial charge in [-0.3, -0.25) is 4.79 Å². The SMILES string of the molecule is C=CCOc1cc(F)cc(C[C@H](NC(C)=O)[C@H](O)CNC2CS(=O)(=O)Cc3ccc(CC)cc32)c1. The molecule has 1 amide bonds. The minimum Gasteiger partial charge on any atom is -0.489 e. The van der Waals surface area contributed by atoms with Crippen LogP contribution in [0.4, 0.5) is 4.39 Å². The van der Waals surface area contributed by atoms with Crippen molar-refractivity contribution in [1.82, 2.24) is 10.6 Å². The van der Waals surface area contributed by atoms with Crippen LogP contribution in [0.2, 0.25) is 0 Å². The molecule has 190 valence electrons. The molecule has 1 heterocycles. The summed E-state index contributed by atoms with van der Waals surface area (Å²) in [5.74, 6) is -0.584. The Hall–Kier alpha value is -2.75. The average Bonchev–Trinajstić information content (AvgIpc) is 2.79. The predicted molar refractivity (Wildman–Crippen MR) is 133 cm³/mol. The van der Waals surface area contributed by atoms with E-state index < -0.39 is 33.8 Å². The number of hydrogen-bond donors (Lipinski definition) is 3. The van der Waals surface area contributed by atoms with Gasteiger partial charge in [-0.2, -0.15) is 0 Å². The van der Waals surface area contributed by atoms with Crippen molar-refractivity contribution in [3.05, 3.63) is 77.1 Å². The second kappa shape index (κ2) is 11.8. The Kier molecular flexibility index (Phi) is 9.04. The highest BCUT2D eigenvalue weighted by molar-refractivity contribution is 7.90. The Bertz CT molecular complexity index is 1170. The summed E-state index contributed by atoms with van der Waals surface area (Å²) in [4.78, 5) is 11.8. The maximum Gasteiger partial charge on any atom is 0.217 e. The number of aliphatic hydroxyl groups excluding tert-OH is 1. The molecule has 0 radical (unpaired) electrons. The summed E-state index contributed by atoms with van der Waals surface area (Å²) in [5, 5.41) is 16.9. The van der Waals surface area contributed by atoms with Gasteiger partial charge in [-0.1, -0.05) is 37.8 Å². The number of halogens is 1. The van der Waals surface area contributed by atoms with Gasteiger partial charge in [-0.15, -0.1) is 0 Å². The van der Waals surface area contributed by atoms with Gasteiger partial charge in [-0.25, -0.2) is 12.8 Å². The highest BCUT2D eigenvalue weighted by Crippen LogP contribution is 2.29. The van der Waals surface area contributed by atoms with Crippen LogP contribution in [0.3, 0.4) is 0 Å². The minimum absolute atomic E-state index is 0.00257. The van der Waals surface area contributed by atoms with Crippen LogP contribution in [0.15, 0.2) is 49.1 Å². The monoisotopic (exact) mass is 504 g/mol. The zero-order valence-electron chi connectivity index (χ0n) is 20.1. The lowest BCUT2D eigenvalue weighted by molar-refractivity contribution is -0.120. The van der Waals surface area contributed by atoms with E-state index >= 15 is 0 Å². The zero-order valence-corrected chi connectivity index (χ0v) is 20.9. The molecule has 3 atom stereocenters. The first kappa shape index (κ1) is 26.8. The minimum atomic E-state index is -3.29. The van der Waals surface area contributed by atoms with Gasteiger partial charge in [0, 0.05) is 25.6 Å². The number of carbonyl (C=O) groups is 1. The van der Waals surface area contributed by atoms with Gasteiger partial charge in [0.05, 0.1) is 23.7 Å². The van der Waals surface area contributed by atoms with Crippen LogP contribution in [0.5, 0.6) is 5.75 Å². The molecule has 0 aliphatic carbocycles. The number of benzene rings is 2. The largest absolute Gasteiger partial charge is 0.489 e. The number of rotatable bonds is 11. The van der Waals surface area contributed by atoms with Gasteiger partial charge < -0.3 is 20.5 Å². The number of fused-ring (bicyclic) bond motifs is 1. The topological polar surface area (TPSA) is 105 Å². The molecule has 0 fully saturated rings. The molecule has 3 rings (SSSR count). The first-order valence-corrected chi connectivity index (χ1v) is 13.5. The molecule has 1 aliphatic rings. The fourth-order valence-electron chi connectivity index (χ4n) is 4.31. The Morgan fingerprint density at radius 2 is 2.06 bits per heavy atom. The predicted octanol–water partition coefficient (Wildman–Crippen LogP) is 2.62. The van der Waals surface area contributed by atoms with E-state index in [0.29, 0.717) is 11.3 Å². The summed E-state index contributed by atoms with van der Waals surface area (Å²) in [7, 11) is -3.29. The van der Waals surface area contributed by atoms with E-state index in [1.165, 1.54) is 19.1 Å². The molecule has 2 aromatic rings. The summed E-state index contributed by atoms with van der Waals surface area (Å²) < 4.78 is 44.5. The summed E-state index contributed by atoms with van der Waals surface area (Å²) in [6, 6.07) is 8.83. The van der Waals surface area contributed by atoms with Gasteiger partial charge in [-0.05, 0) is 47.2 Å². The average molecular weight is 505 g/mol. The number of carbonyl (C=O) groups excluding carboxylic acids is 1. The highest BCUT2D eigenvalue weighted by Gasteiger charge is 2.31. The molecule has 0 aromatic heterocycles. The summed E-state index contributed by atoms with van der Waals surface area (Å²) >= 11 is 0. The summed E-state index contributed by atoms with van der Waals surface area (Å²) in [6.45, 7) is 7.20. The molecule has 0 spiro atoms. The second-order valence-electron chi connectivity index (χ2n) is 8.88. The molecular weight excluding hydrogens is 471 g/mol. The zero-order chi connectivity index (χ0) is 25.6. The van der Waals surface area contributed by atoms with E-state index in [1.54, 1.807) is 12.1 Å². The Balaban J connectivity index is 1.76. The molecule has 35 heavy (non-hydrogen) atoms. The van der Waals surface area contributed by atoms with Gasteiger partial charge in [0.15, 0.2) is 9.84 Å². The summed E-state index contributed by atoms with van der Waals surface area (Å²) in [5.41, 5.74) is 3.31. The molecule has 7 nitrogen and oxygen atoms in total. The van der Waals surface area contributed by atoms with Crippen LogP contribution in [-0.4, -0.2) is 50.5 Å². The molecule has 0 bridgehead atoms. The summed E-state index contributed by atoms with van der Waals surface area (Å²) in [6.07, 6.45) is 1.48. The van der Waals surface area contributed by atoms with E-state index in [1.807, 2.05) is 25.1 Å². The van der Waals surface area contributed by atoms with Crippen LogP contribution in [0.25, 0.3) is 0 Å². The third-order valence-electron chi connectivity index (χ3n) is 5.97. The maximum atomic E-state index is 14.1. The first-order chi connectivity index (χ1) is 16.6. The van der Waals surface area contributed by atoms with Crippen molar-refractivity contribution in [3.8, 4) is 5.75 Å². The molecule has 0 saturated carbocycles. The quantitative estimate of drug-likeness (QED) is 0.407. The Morgan fingerprint density at radius 3 is 2.74 bits per heavy atom. The van der Waals surface area contributed by atoms with Gasteiger partial charge >= 0.3 is 0 Å². The normalized spacial score (nSPS) is 18.2.